The van der Waals surface area contributed by atoms with Crippen molar-refractivity contribution in [3.63, 3.8) is 0 Å². The van der Waals surface area contributed by atoms with E-state index in [0.717, 1.165) is 48.9 Å². The van der Waals surface area contributed by atoms with Crippen molar-refractivity contribution >= 4 is 44.6 Å². The highest BCUT2D eigenvalue weighted by molar-refractivity contribution is 7.92. The fraction of sp³-hybridized carbons (Fsp3) is 0.194. The molecular formula is C31H33FN6O4S. The molecule has 10 nitrogen and oxygen atoms in total. The lowest BCUT2D eigenvalue weighted by Gasteiger charge is -2.18. The van der Waals surface area contributed by atoms with Crippen LogP contribution < -0.4 is 10.0 Å². The quantitative estimate of drug-likeness (QED) is 0.161. The highest BCUT2D eigenvalue weighted by atomic mass is 32.2. The molecule has 224 valence electrons. The van der Waals surface area contributed by atoms with Crippen molar-refractivity contribution in [2.45, 2.75) is 25.3 Å². The second-order valence-corrected chi connectivity index (χ2v) is 11.1. The van der Waals surface area contributed by atoms with Gasteiger partial charge >= 0.3 is 0 Å². The van der Waals surface area contributed by atoms with Crippen LogP contribution in [0.4, 0.5) is 21.6 Å². The number of sulfonamides is 1. The van der Waals surface area contributed by atoms with Crippen molar-refractivity contribution in [2.75, 3.05) is 29.7 Å². The van der Waals surface area contributed by atoms with Crippen LogP contribution in [0.3, 0.4) is 0 Å². The van der Waals surface area contributed by atoms with Crippen molar-refractivity contribution in [2.24, 2.45) is 0 Å². The Hall–Kier alpha value is -4.81. The number of anilines is 3. The van der Waals surface area contributed by atoms with E-state index in [4.69, 9.17) is 9.90 Å². The van der Waals surface area contributed by atoms with Crippen LogP contribution in [0.2, 0.25) is 0 Å². The Balaban J connectivity index is 0.00000135. The summed E-state index contributed by atoms with van der Waals surface area (Å²) < 4.78 is 43.8. The lowest BCUT2D eigenvalue weighted by molar-refractivity contribution is -0.122. The zero-order valence-corrected chi connectivity index (χ0v) is 24.6. The monoisotopic (exact) mass is 604 g/mol. The van der Waals surface area contributed by atoms with Crippen LogP contribution in [-0.4, -0.2) is 59.1 Å². The highest BCUT2D eigenvalue weighted by Gasteiger charge is 2.18. The molecular weight excluding hydrogens is 571 g/mol. The largest absolute Gasteiger partial charge is 0.483 e. The molecule has 12 heteroatoms. The minimum absolute atomic E-state index is 0.250. The molecule has 5 aromatic rings. The highest BCUT2D eigenvalue weighted by Crippen LogP contribution is 2.27. The lowest BCUT2D eigenvalue weighted by atomic mass is 10.1. The zero-order chi connectivity index (χ0) is 30.8. The summed E-state index contributed by atoms with van der Waals surface area (Å²) in [6.45, 7) is 8.16. The van der Waals surface area contributed by atoms with Gasteiger partial charge in [0.25, 0.3) is 16.5 Å². The molecule has 0 bridgehead atoms. The molecule has 0 aliphatic heterocycles. The first-order valence-corrected chi connectivity index (χ1v) is 15.1. The predicted molar refractivity (Wildman–Crippen MR) is 166 cm³/mol. The summed E-state index contributed by atoms with van der Waals surface area (Å²) in [4.78, 5) is 19.2. The first-order chi connectivity index (χ1) is 20.8. The second kappa shape index (κ2) is 14.4. The molecule has 0 spiro atoms. The van der Waals surface area contributed by atoms with E-state index in [0.29, 0.717) is 17.2 Å². The van der Waals surface area contributed by atoms with E-state index in [1.807, 2.05) is 6.07 Å². The number of benzene rings is 3. The van der Waals surface area contributed by atoms with Gasteiger partial charge in [0.2, 0.25) is 0 Å². The van der Waals surface area contributed by atoms with Gasteiger partial charge in [-0.15, -0.1) is 0 Å². The van der Waals surface area contributed by atoms with Crippen molar-refractivity contribution < 1.29 is 22.7 Å². The van der Waals surface area contributed by atoms with Crippen LogP contribution in [0.15, 0.2) is 96.3 Å². The van der Waals surface area contributed by atoms with E-state index in [2.05, 4.69) is 73.8 Å². The number of carboxylic acid groups (broad SMARTS) is 1. The fourth-order valence-electron chi connectivity index (χ4n) is 4.57. The number of halogens is 1. The first kappa shape index (κ1) is 31.1. The standard InChI is InChI=1S/C30H31FN6O2S.CH2O2/c1-3-36(4-2)17-18-37-16-15-23-19-22(9-14-28(23)37)27-20-30(33-21-32-27)34-24-10-12-25(13-11-24)35-40(38,39)29-8-6-5-7-26(29)31;2-1-3/h5-16,19-21,35H,3-4,17-18H2,1-2H3,(H,32,33,34);1H,(H,2,3). The molecule has 0 unspecified atom stereocenters. The maximum absolute atomic E-state index is 14.0. The van der Waals surface area contributed by atoms with E-state index < -0.39 is 20.7 Å². The number of nitrogens with zero attached hydrogens (tertiary/aromatic N) is 4. The molecule has 0 saturated carbocycles. The zero-order valence-electron chi connectivity index (χ0n) is 23.8. The molecule has 3 aromatic carbocycles. The van der Waals surface area contributed by atoms with Crippen LogP contribution in [0.5, 0.6) is 0 Å². The Morgan fingerprint density at radius 3 is 2.35 bits per heavy atom. The van der Waals surface area contributed by atoms with Crippen molar-refractivity contribution in [1.29, 1.82) is 0 Å². The molecule has 0 aliphatic carbocycles. The number of carbonyl (C=O) groups is 1. The second-order valence-electron chi connectivity index (χ2n) is 9.44. The normalized spacial score (nSPS) is 11.2. The third kappa shape index (κ3) is 7.93. The van der Waals surface area contributed by atoms with Crippen LogP contribution in [0.25, 0.3) is 22.2 Å². The van der Waals surface area contributed by atoms with Crippen LogP contribution in [-0.2, 0) is 21.4 Å². The van der Waals surface area contributed by atoms with Gasteiger partial charge in [0, 0.05) is 53.2 Å². The van der Waals surface area contributed by atoms with Gasteiger partial charge in [0.05, 0.1) is 5.69 Å². The Kier molecular flexibility index (Phi) is 10.4. The van der Waals surface area contributed by atoms with Crippen molar-refractivity contribution in [3.8, 4) is 11.3 Å². The molecule has 0 atom stereocenters. The Bertz CT molecular complexity index is 1770. The number of rotatable bonds is 11. The third-order valence-electron chi connectivity index (χ3n) is 6.82. The number of hydrogen-bond acceptors (Lipinski definition) is 7. The number of likely N-dealkylation sites (N-methyl/N-ethyl adjacent to an activating group) is 1. The lowest BCUT2D eigenvalue weighted by Crippen LogP contribution is -2.26. The topological polar surface area (TPSA) is 129 Å². The third-order valence-corrected chi connectivity index (χ3v) is 8.24. The maximum Gasteiger partial charge on any atom is 0.290 e. The van der Waals surface area contributed by atoms with E-state index >= 15 is 0 Å². The Labute approximate surface area is 249 Å². The summed E-state index contributed by atoms with van der Waals surface area (Å²) in [5.41, 5.74) is 3.98. The molecule has 0 amide bonds. The van der Waals surface area contributed by atoms with Crippen LogP contribution >= 0.6 is 0 Å². The summed E-state index contributed by atoms with van der Waals surface area (Å²) in [6.07, 6.45) is 3.64. The first-order valence-electron chi connectivity index (χ1n) is 13.6. The molecule has 2 aromatic heterocycles. The molecule has 0 aliphatic rings. The van der Waals surface area contributed by atoms with Gasteiger partial charge in [0.1, 0.15) is 22.9 Å². The number of fused-ring (bicyclic) bond motifs is 1. The SMILES string of the molecule is CCN(CC)CCn1ccc2cc(-c3cc(Nc4ccc(NS(=O)(=O)c5ccccc5F)cc4)ncn3)ccc21.O=CO. The number of aromatic nitrogens is 3. The summed E-state index contributed by atoms with van der Waals surface area (Å²) in [5.74, 6) is -0.207. The average molecular weight is 605 g/mol. The van der Waals surface area contributed by atoms with Crippen LogP contribution in [0, 0.1) is 5.82 Å². The molecule has 2 heterocycles. The van der Waals surface area contributed by atoms with Crippen molar-refractivity contribution in [1.82, 2.24) is 19.4 Å². The summed E-state index contributed by atoms with van der Waals surface area (Å²) in [5, 5.41) is 11.3. The van der Waals surface area contributed by atoms with Gasteiger partial charge < -0.3 is 19.9 Å². The van der Waals surface area contributed by atoms with Gasteiger partial charge in [-0.1, -0.05) is 32.0 Å². The minimum atomic E-state index is -4.05. The molecule has 3 N–H and O–H groups in total. The minimum Gasteiger partial charge on any atom is -0.483 e. The fourth-order valence-corrected chi connectivity index (χ4v) is 5.71. The predicted octanol–water partition coefficient (Wildman–Crippen LogP) is 5.82. The summed E-state index contributed by atoms with van der Waals surface area (Å²) >= 11 is 0. The van der Waals surface area contributed by atoms with Crippen molar-refractivity contribution in [3.05, 3.63) is 97.2 Å². The smallest absolute Gasteiger partial charge is 0.290 e. The van der Waals surface area contributed by atoms with Gasteiger partial charge in [-0.05, 0) is 67.7 Å². The molecule has 0 saturated heterocycles. The van der Waals surface area contributed by atoms with Gasteiger partial charge in [-0.2, -0.15) is 0 Å². The summed E-state index contributed by atoms with van der Waals surface area (Å²) in [6, 6.07) is 22.2. The van der Waals surface area contributed by atoms with E-state index in [9.17, 15) is 12.8 Å². The molecule has 43 heavy (non-hydrogen) atoms. The Morgan fingerprint density at radius 2 is 1.65 bits per heavy atom. The summed E-state index contributed by atoms with van der Waals surface area (Å²) in [7, 11) is -4.05. The molecule has 0 fully saturated rings. The number of nitrogens with one attached hydrogen (secondary N) is 2. The van der Waals surface area contributed by atoms with E-state index in [1.54, 1.807) is 24.3 Å². The Morgan fingerprint density at radius 1 is 0.953 bits per heavy atom. The van der Waals surface area contributed by atoms with Gasteiger partial charge in [0.15, 0.2) is 0 Å². The average Bonchev–Trinajstić information content (AvgIpc) is 3.41. The number of hydrogen-bond donors (Lipinski definition) is 3. The molecule has 5 rings (SSSR count). The molecule has 0 radical (unpaired) electrons. The van der Waals surface area contributed by atoms with E-state index in [1.165, 1.54) is 30.0 Å². The maximum atomic E-state index is 14.0. The van der Waals surface area contributed by atoms with E-state index in [-0.39, 0.29) is 6.47 Å². The van der Waals surface area contributed by atoms with Crippen LogP contribution in [0.1, 0.15) is 13.8 Å². The van der Waals surface area contributed by atoms with Gasteiger partial charge in [-0.25, -0.2) is 22.8 Å². The van der Waals surface area contributed by atoms with Gasteiger partial charge in [-0.3, -0.25) is 9.52 Å².